The molecule has 0 spiro atoms. The molecule has 0 aliphatic rings. The van der Waals surface area contributed by atoms with Crippen molar-refractivity contribution in [3.8, 4) is 5.88 Å². The number of hydrogen-bond donors (Lipinski definition) is 2. The third-order valence-electron chi connectivity index (χ3n) is 3.01. The van der Waals surface area contributed by atoms with Crippen LogP contribution in [-0.4, -0.2) is 36.7 Å². The highest BCUT2D eigenvalue weighted by atomic mass is 19.4. The Morgan fingerprint density at radius 3 is 2.61 bits per heavy atom. The largest absolute Gasteiger partial charge is 0.476 e. The van der Waals surface area contributed by atoms with Gasteiger partial charge in [0.25, 0.3) is 0 Å². The molecule has 0 fully saturated rings. The topological polar surface area (TPSA) is 58.5 Å². The molecule has 130 valence electrons. The van der Waals surface area contributed by atoms with Crippen LogP contribution in [0.15, 0.2) is 23.3 Å². The Labute approximate surface area is 134 Å². The minimum absolute atomic E-state index is 0.146. The SMILES string of the molecule is CCNC(=NCCOc1ccc(C(F)(F)F)cn1)NC(C)CC. The zero-order valence-electron chi connectivity index (χ0n) is 13.6. The minimum Gasteiger partial charge on any atom is -0.476 e. The molecule has 0 saturated heterocycles. The summed E-state index contributed by atoms with van der Waals surface area (Å²) in [6.07, 6.45) is -2.66. The van der Waals surface area contributed by atoms with E-state index in [4.69, 9.17) is 4.74 Å². The lowest BCUT2D eigenvalue weighted by atomic mass is 10.3. The molecule has 1 atom stereocenters. The normalized spacial score (nSPS) is 13.6. The van der Waals surface area contributed by atoms with Crippen LogP contribution >= 0.6 is 0 Å². The van der Waals surface area contributed by atoms with Gasteiger partial charge in [-0.25, -0.2) is 9.98 Å². The molecule has 0 radical (unpaired) electrons. The van der Waals surface area contributed by atoms with Crippen LogP contribution in [0, 0.1) is 0 Å². The number of aromatic nitrogens is 1. The van der Waals surface area contributed by atoms with Gasteiger partial charge in [-0.1, -0.05) is 6.92 Å². The van der Waals surface area contributed by atoms with E-state index < -0.39 is 11.7 Å². The first-order chi connectivity index (χ1) is 10.9. The molecule has 0 bridgehead atoms. The molecule has 1 aromatic rings. The van der Waals surface area contributed by atoms with Crippen molar-refractivity contribution in [3.05, 3.63) is 23.9 Å². The number of alkyl halides is 3. The van der Waals surface area contributed by atoms with Gasteiger partial charge < -0.3 is 15.4 Å². The molecule has 0 saturated carbocycles. The fourth-order valence-electron chi connectivity index (χ4n) is 1.60. The molecular formula is C15H23F3N4O. The molecule has 1 aromatic heterocycles. The van der Waals surface area contributed by atoms with Crippen LogP contribution in [-0.2, 0) is 6.18 Å². The smallest absolute Gasteiger partial charge is 0.417 e. The molecular weight excluding hydrogens is 309 g/mol. The lowest BCUT2D eigenvalue weighted by Crippen LogP contribution is -2.42. The van der Waals surface area contributed by atoms with Crippen molar-refractivity contribution in [1.82, 2.24) is 15.6 Å². The molecule has 0 aromatic carbocycles. The molecule has 8 heteroatoms. The second-order valence-corrected chi connectivity index (χ2v) is 4.95. The van der Waals surface area contributed by atoms with Crippen LogP contribution in [0.3, 0.4) is 0 Å². The van der Waals surface area contributed by atoms with Crippen molar-refractivity contribution in [3.63, 3.8) is 0 Å². The maximum Gasteiger partial charge on any atom is 0.417 e. The van der Waals surface area contributed by atoms with Gasteiger partial charge in [-0.15, -0.1) is 0 Å². The number of guanidine groups is 1. The number of ether oxygens (including phenoxy) is 1. The van der Waals surface area contributed by atoms with Gasteiger partial charge in [0.05, 0.1) is 12.1 Å². The molecule has 1 rings (SSSR count). The van der Waals surface area contributed by atoms with E-state index in [1.807, 2.05) is 6.92 Å². The van der Waals surface area contributed by atoms with Crippen LogP contribution in [0.2, 0.25) is 0 Å². The van der Waals surface area contributed by atoms with Crippen molar-refractivity contribution in [1.29, 1.82) is 0 Å². The summed E-state index contributed by atoms with van der Waals surface area (Å²) in [6, 6.07) is 2.44. The standard InChI is InChI=1S/C15H23F3N4O/c1-4-11(3)22-14(19-5-2)20-8-9-23-13-7-6-12(10-21-13)15(16,17)18/h6-7,10-11H,4-5,8-9H2,1-3H3,(H2,19,20,22). The molecule has 5 nitrogen and oxygen atoms in total. The molecule has 0 amide bonds. The van der Waals surface area contributed by atoms with Gasteiger partial charge in [0.2, 0.25) is 5.88 Å². The summed E-state index contributed by atoms with van der Waals surface area (Å²) in [5.74, 6) is 0.832. The number of halogens is 3. The zero-order chi connectivity index (χ0) is 17.3. The number of nitrogens with zero attached hydrogens (tertiary/aromatic N) is 2. The van der Waals surface area contributed by atoms with Crippen molar-refractivity contribution in [2.45, 2.75) is 39.4 Å². The summed E-state index contributed by atoms with van der Waals surface area (Å²) in [4.78, 5) is 7.97. The van der Waals surface area contributed by atoms with Crippen molar-refractivity contribution in [2.24, 2.45) is 4.99 Å². The maximum atomic E-state index is 12.4. The Hall–Kier alpha value is -1.99. The average molecular weight is 332 g/mol. The number of aliphatic imine (C=N–C) groups is 1. The minimum atomic E-state index is -4.39. The van der Waals surface area contributed by atoms with E-state index in [9.17, 15) is 13.2 Å². The Morgan fingerprint density at radius 1 is 1.35 bits per heavy atom. The molecule has 2 N–H and O–H groups in total. The maximum absolute atomic E-state index is 12.4. The summed E-state index contributed by atoms with van der Waals surface area (Å²) in [5, 5.41) is 6.35. The summed E-state index contributed by atoms with van der Waals surface area (Å²) in [5.41, 5.74) is -0.796. The van der Waals surface area contributed by atoms with E-state index >= 15 is 0 Å². The fourth-order valence-corrected chi connectivity index (χ4v) is 1.60. The first-order valence-electron chi connectivity index (χ1n) is 7.57. The van der Waals surface area contributed by atoms with E-state index in [2.05, 4.69) is 34.5 Å². The summed E-state index contributed by atoms with van der Waals surface area (Å²) in [6.45, 7) is 7.43. The van der Waals surface area contributed by atoms with Crippen molar-refractivity contribution < 1.29 is 17.9 Å². The fraction of sp³-hybridized carbons (Fsp3) is 0.600. The quantitative estimate of drug-likeness (QED) is 0.458. The lowest BCUT2D eigenvalue weighted by Gasteiger charge is -2.16. The molecule has 0 aliphatic heterocycles. The zero-order valence-corrected chi connectivity index (χ0v) is 13.6. The van der Waals surface area contributed by atoms with Gasteiger partial charge in [0.15, 0.2) is 5.96 Å². The summed E-state index contributed by atoms with van der Waals surface area (Å²) >= 11 is 0. The highest BCUT2D eigenvalue weighted by Crippen LogP contribution is 2.29. The highest BCUT2D eigenvalue weighted by molar-refractivity contribution is 5.80. The van der Waals surface area contributed by atoms with E-state index in [0.29, 0.717) is 18.5 Å². The van der Waals surface area contributed by atoms with Crippen LogP contribution in [0.1, 0.15) is 32.8 Å². The molecule has 1 heterocycles. The van der Waals surface area contributed by atoms with E-state index in [-0.39, 0.29) is 12.5 Å². The predicted octanol–water partition coefficient (Wildman–Crippen LogP) is 2.83. The van der Waals surface area contributed by atoms with Crippen LogP contribution in [0.4, 0.5) is 13.2 Å². The van der Waals surface area contributed by atoms with Gasteiger partial charge in [-0.3, -0.25) is 0 Å². The van der Waals surface area contributed by atoms with E-state index in [1.165, 1.54) is 6.07 Å². The van der Waals surface area contributed by atoms with Gasteiger partial charge >= 0.3 is 6.18 Å². The second kappa shape index (κ2) is 9.22. The van der Waals surface area contributed by atoms with Crippen LogP contribution in [0.25, 0.3) is 0 Å². The third kappa shape index (κ3) is 7.21. The average Bonchev–Trinajstić information content (AvgIpc) is 2.51. The Bertz CT molecular complexity index is 488. The third-order valence-corrected chi connectivity index (χ3v) is 3.01. The molecule has 23 heavy (non-hydrogen) atoms. The Balaban J connectivity index is 2.46. The summed E-state index contributed by atoms with van der Waals surface area (Å²) in [7, 11) is 0. The number of rotatable bonds is 7. The highest BCUT2D eigenvalue weighted by Gasteiger charge is 2.30. The number of hydrogen-bond acceptors (Lipinski definition) is 3. The van der Waals surface area contributed by atoms with Gasteiger partial charge in [-0.05, 0) is 26.3 Å². The van der Waals surface area contributed by atoms with E-state index in [1.54, 1.807) is 0 Å². The van der Waals surface area contributed by atoms with Crippen molar-refractivity contribution in [2.75, 3.05) is 19.7 Å². The van der Waals surface area contributed by atoms with Crippen LogP contribution in [0.5, 0.6) is 5.88 Å². The first kappa shape index (κ1) is 19.1. The Kier molecular flexibility index (Phi) is 7.64. The van der Waals surface area contributed by atoms with Crippen molar-refractivity contribution >= 4 is 5.96 Å². The van der Waals surface area contributed by atoms with Gasteiger partial charge in [0.1, 0.15) is 6.61 Å². The van der Waals surface area contributed by atoms with E-state index in [0.717, 1.165) is 25.2 Å². The molecule has 0 aliphatic carbocycles. The van der Waals surface area contributed by atoms with Crippen LogP contribution < -0.4 is 15.4 Å². The van der Waals surface area contributed by atoms with Gasteiger partial charge in [0, 0.05) is 24.8 Å². The van der Waals surface area contributed by atoms with Gasteiger partial charge in [-0.2, -0.15) is 13.2 Å². The second-order valence-electron chi connectivity index (χ2n) is 4.95. The number of nitrogens with one attached hydrogen (secondary N) is 2. The number of pyridine rings is 1. The predicted molar refractivity (Wildman–Crippen MR) is 83.6 cm³/mol. The lowest BCUT2D eigenvalue weighted by molar-refractivity contribution is -0.137. The molecule has 1 unspecified atom stereocenters. The first-order valence-corrected chi connectivity index (χ1v) is 7.57. The summed E-state index contributed by atoms with van der Waals surface area (Å²) < 4.78 is 42.5. The monoisotopic (exact) mass is 332 g/mol. The Morgan fingerprint density at radius 2 is 2.09 bits per heavy atom.